The van der Waals surface area contributed by atoms with E-state index in [9.17, 15) is 9.59 Å². The normalized spacial score (nSPS) is 13.7. The standard InChI is InChI=1S/C14H28N2O3/c1-5-11(3)10-16(6-2)14(19)15-12(4)8-7-9-13(17)18/h11-12H,5-10H2,1-4H3,(H,15,19)(H,17,18). The number of nitrogens with one attached hydrogen (secondary N) is 1. The molecule has 112 valence electrons. The molecule has 2 unspecified atom stereocenters. The number of amides is 2. The van der Waals surface area contributed by atoms with Gasteiger partial charge in [-0.1, -0.05) is 20.3 Å². The van der Waals surface area contributed by atoms with Crippen molar-refractivity contribution in [3.63, 3.8) is 0 Å². The lowest BCUT2D eigenvalue weighted by molar-refractivity contribution is -0.137. The zero-order chi connectivity index (χ0) is 14.8. The maximum atomic E-state index is 12.0. The molecular weight excluding hydrogens is 244 g/mol. The van der Waals surface area contributed by atoms with Crippen LogP contribution in [0, 0.1) is 5.92 Å². The molecule has 0 fully saturated rings. The van der Waals surface area contributed by atoms with Crippen LogP contribution in [0.15, 0.2) is 0 Å². The molecule has 0 aliphatic rings. The molecule has 0 saturated heterocycles. The van der Waals surface area contributed by atoms with Crippen LogP contribution < -0.4 is 5.32 Å². The Morgan fingerprint density at radius 1 is 1.26 bits per heavy atom. The average Bonchev–Trinajstić information content (AvgIpc) is 2.34. The van der Waals surface area contributed by atoms with Crippen LogP contribution in [0.3, 0.4) is 0 Å². The van der Waals surface area contributed by atoms with E-state index >= 15 is 0 Å². The van der Waals surface area contributed by atoms with Crippen LogP contribution >= 0.6 is 0 Å². The number of carbonyl (C=O) groups is 2. The summed E-state index contributed by atoms with van der Waals surface area (Å²) in [7, 11) is 0. The van der Waals surface area contributed by atoms with Gasteiger partial charge in [-0.25, -0.2) is 4.79 Å². The minimum Gasteiger partial charge on any atom is -0.481 e. The van der Waals surface area contributed by atoms with Crippen molar-refractivity contribution in [2.24, 2.45) is 5.92 Å². The third-order valence-electron chi connectivity index (χ3n) is 3.30. The second-order valence-electron chi connectivity index (χ2n) is 5.19. The Morgan fingerprint density at radius 2 is 1.89 bits per heavy atom. The van der Waals surface area contributed by atoms with Gasteiger partial charge >= 0.3 is 12.0 Å². The summed E-state index contributed by atoms with van der Waals surface area (Å²) in [6.45, 7) is 9.59. The van der Waals surface area contributed by atoms with Crippen molar-refractivity contribution < 1.29 is 14.7 Å². The first-order valence-electron chi connectivity index (χ1n) is 7.17. The summed E-state index contributed by atoms with van der Waals surface area (Å²) >= 11 is 0. The van der Waals surface area contributed by atoms with Crippen LogP contribution in [-0.2, 0) is 4.79 Å². The predicted octanol–water partition coefficient (Wildman–Crippen LogP) is 2.71. The summed E-state index contributed by atoms with van der Waals surface area (Å²) < 4.78 is 0. The van der Waals surface area contributed by atoms with Gasteiger partial charge < -0.3 is 15.3 Å². The summed E-state index contributed by atoms with van der Waals surface area (Å²) in [6.07, 6.45) is 2.50. The molecule has 0 aromatic carbocycles. The Labute approximate surface area is 116 Å². The number of carboxylic acids is 1. The average molecular weight is 272 g/mol. The first kappa shape index (κ1) is 17.7. The highest BCUT2D eigenvalue weighted by atomic mass is 16.4. The van der Waals surface area contributed by atoms with Gasteiger partial charge in [-0.3, -0.25) is 4.79 Å². The van der Waals surface area contributed by atoms with Gasteiger partial charge in [-0.2, -0.15) is 0 Å². The number of carbonyl (C=O) groups excluding carboxylic acids is 1. The summed E-state index contributed by atoms with van der Waals surface area (Å²) in [4.78, 5) is 24.3. The Kier molecular flexibility index (Phi) is 9.00. The highest BCUT2D eigenvalue weighted by Crippen LogP contribution is 2.06. The van der Waals surface area contributed by atoms with E-state index in [-0.39, 0.29) is 18.5 Å². The number of urea groups is 1. The van der Waals surface area contributed by atoms with E-state index in [1.54, 1.807) is 0 Å². The molecule has 0 bridgehead atoms. The second kappa shape index (κ2) is 9.64. The van der Waals surface area contributed by atoms with E-state index < -0.39 is 5.97 Å². The molecule has 2 N–H and O–H groups in total. The lowest BCUT2D eigenvalue weighted by atomic mass is 10.1. The van der Waals surface area contributed by atoms with Crippen molar-refractivity contribution in [3.05, 3.63) is 0 Å². The quantitative estimate of drug-likeness (QED) is 0.678. The fourth-order valence-electron chi connectivity index (χ4n) is 1.79. The van der Waals surface area contributed by atoms with Crippen molar-refractivity contribution in [1.29, 1.82) is 0 Å². The Balaban J connectivity index is 4.06. The first-order valence-corrected chi connectivity index (χ1v) is 7.17. The van der Waals surface area contributed by atoms with Crippen molar-refractivity contribution in [2.75, 3.05) is 13.1 Å². The summed E-state index contributed by atoms with van der Waals surface area (Å²) in [5.41, 5.74) is 0. The number of hydrogen-bond donors (Lipinski definition) is 2. The number of aliphatic carboxylic acids is 1. The van der Waals surface area contributed by atoms with E-state index in [1.807, 2.05) is 18.7 Å². The molecular formula is C14H28N2O3. The highest BCUT2D eigenvalue weighted by molar-refractivity contribution is 5.74. The van der Waals surface area contributed by atoms with Gasteiger partial charge in [-0.15, -0.1) is 0 Å². The molecule has 0 radical (unpaired) electrons. The fraction of sp³-hybridized carbons (Fsp3) is 0.857. The van der Waals surface area contributed by atoms with Gasteiger partial charge in [0, 0.05) is 25.6 Å². The maximum Gasteiger partial charge on any atom is 0.317 e. The number of carboxylic acid groups (broad SMARTS) is 1. The molecule has 0 aromatic rings. The van der Waals surface area contributed by atoms with E-state index in [0.717, 1.165) is 13.0 Å². The van der Waals surface area contributed by atoms with Crippen LogP contribution in [0.2, 0.25) is 0 Å². The van der Waals surface area contributed by atoms with Gasteiger partial charge in [-0.05, 0) is 32.6 Å². The molecule has 0 aromatic heterocycles. The lowest BCUT2D eigenvalue weighted by Crippen LogP contribution is -2.45. The van der Waals surface area contributed by atoms with E-state index in [0.29, 0.717) is 25.3 Å². The third kappa shape index (κ3) is 8.46. The summed E-state index contributed by atoms with van der Waals surface area (Å²) in [5.74, 6) is -0.293. The first-order chi connectivity index (χ1) is 8.90. The van der Waals surface area contributed by atoms with Crippen molar-refractivity contribution in [1.82, 2.24) is 10.2 Å². The molecule has 5 heteroatoms. The molecule has 0 aliphatic carbocycles. The van der Waals surface area contributed by atoms with Gasteiger partial charge in [0.05, 0.1) is 0 Å². The van der Waals surface area contributed by atoms with Crippen LogP contribution in [0.4, 0.5) is 4.79 Å². The number of nitrogens with zero attached hydrogens (tertiary/aromatic N) is 1. The smallest absolute Gasteiger partial charge is 0.317 e. The van der Waals surface area contributed by atoms with Gasteiger partial charge in [0.2, 0.25) is 0 Å². The molecule has 2 atom stereocenters. The highest BCUT2D eigenvalue weighted by Gasteiger charge is 2.16. The second-order valence-corrected chi connectivity index (χ2v) is 5.19. The molecule has 0 aliphatic heterocycles. The van der Waals surface area contributed by atoms with Crippen molar-refractivity contribution in [3.8, 4) is 0 Å². The molecule has 0 spiro atoms. The third-order valence-corrected chi connectivity index (χ3v) is 3.30. The van der Waals surface area contributed by atoms with Crippen LogP contribution in [0.5, 0.6) is 0 Å². The van der Waals surface area contributed by atoms with Crippen molar-refractivity contribution >= 4 is 12.0 Å². The fourth-order valence-corrected chi connectivity index (χ4v) is 1.79. The SMILES string of the molecule is CCC(C)CN(CC)C(=O)NC(C)CCCC(=O)O. The molecule has 0 saturated carbocycles. The summed E-state index contributed by atoms with van der Waals surface area (Å²) in [5, 5.41) is 11.5. The maximum absolute atomic E-state index is 12.0. The van der Waals surface area contributed by atoms with E-state index in [4.69, 9.17) is 5.11 Å². The number of hydrogen-bond acceptors (Lipinski definition) is 2. The zero-order valence-electron chi connectivity index (χ0n) is 12.6. The van der Waals surface area contributed by atoms with Crippen LogP contribution in [0.25, 0.3) is 0 Å². The van der Waals surface area contributed by atoms with Gasteiger partial charge in [0.1, 0.15) is 0 Å². The minimum atomic E-state index is -0.787. The van der Waals surface area contributed by atoms with Crippen LogP contribution in [-0.4, -0.2) is 41.1 Å². The predicted molar refractivity (Wildman–Crippen MR) is 76.2 cm³/mol. The Bertz CT molecular complexity index is 282. The largest absolute Gasteiger partial charge is 0.481 e. The molecule has 0 heterocycles. The van der Waals surface area contributed by atoms with Gasteiger partial charge in [0.15, 0.2) is 0 Å². The van der Waals surface area contributed by atoms with Crippen molar-refractivity contribution in [2.45, 2.75) is 59.4 Å². The zero-order valence-corrected chi connectivity index (χ0v) is 12.6. The molecule has 2 amide bonds. The molecule has 5 nitrogen and oxygen atoms in total. The monoisotopic (exact) mass is 272 g/mol. The summed E-state index contributed by atoms with van der Waals surface area (Å²) in [6, 6.07) is -0.0385. The van der Waals surface area contributed by atoms with Gasteiger partial charge in [0.25, 0.3) is 0 Å². The van der Waals surface area contributed by atoms with Crippen LogP contribution in [0.1, 0.15) is 53.4 Å². The van der Waals surface area contributed by atoms with E-state index in [1.165, 1.54) is 0 Å². The molecule has 19 heavy (non-hydrogen) atoms. The Hall–Kier alpha value is -1.26. The molecule has 0 rings (SSSR count). The topological polar surface area (TPSA) is 69.6 Å². The minimum absolute atomic E-state index is 0.0119. The Morgan fingerprint density at radius 3 is 2.37 bits per heavy atom. The van der Waals surface area contributed by atoms with E-state index in [2.05, 4.69) is 19.2 Å². The number of rotatable bonds is 9. The lowest BCUT2D eigenvalue weighted by Gasteiger charge is -2.26.